The van der Waals surface area contributed by atoms with Gasteiger partial charge >= 0.3 is 0 Å². The molecule has 0 saturated carbocycles. The molecule has 36 heavy (non-hydrogen) atoms. The van der Waals surface area contributed by atoms with E-state index in [9.17, 15) is 9.59 Å². The first-order chi connectivity index (χ1) is 17.5. The second-order valence-corrected chi connectivity index (χ2v) is 9.46. The molecule has 2 amide bonds. The number of ether oxygens (including phenoxy) is 1. The van der Waals surface area contributed by atoms with Crippen molar-refractivity contribution in [1.29, 1.82) is 0 Å². The summed E-state index contributed by atoms with van der Waals surface area (Å²) in [4.78, 5) is 37.7. The van der Waals surface area contributed by atoms with Gasteiger partial charge in [-0.15, -0.1) is 0 Å². The van der Waals surface area contributed by atoms with E-state index >= 15 is 0 Å². The molecule has 186 valence electrons. The third-order valence-corrected chi connectivity index (χ3v) is 7.25. The Hall–Kier alpha value is -3.87. The molecule has 2 fully saturated rings. The van der Waals surface area contributed by atoms with Crippen molar-refractivity contribution in [2.24, 2.45) is 5.92 Å². The molecule has 7 heteroatoms. The van der Waals surface area contributed by atoms with Crippen molar-refractivity contribution in [2.45, 2.75) is 25.8 Å². The zero-order chi connectivity index (χ0) is 25.1. The van der Waals surface area contributed by atoms with Crippen LogP contribution in [-0.4, -0.2) is 55.0 Å². The number of aryl methyl sites for hydroxylation is 1. The summed E-state index contributed by atoms with van der Waals surface area (Å²) in [5, 5.41) is 0. The van der Waals surface area contributed by atoms with Crippen LogP contribution in [0.5, 0.6) is 5.75 Å². The van der Waals surface area contributed by atoms with Gasteiger partial charge in [-0.05, 0) is 55.3 Å². The number of carbonyl (C=O) groups is 2. The zero-order valence-electron chi connectivity index (χ0n) is 20.8. The monoisotopic (exact) mass is 484 g/mol. The van der Waals surface area contributed by atoms with Crippen molar-refractivity contribution in [1.82, 2.24) is 9.88 Å². The fraction of sp³-hybridized carbons (Fsp3) is 0.345. The third kappa shape index (κ3) is 4.78. The predicted octanol–water partition coefficient (Wildman–Crippen LogP) is 4.23. The second-order valence-electron chi connectivity index (χ2n) is 9.46. The van der Waals surface area contributed by atoms with Crippen LogP contribution in [0.15, 0.2) is 72.9 Å². The number of pyridine rings is 1. The summed E-state index contributed by atoms with van der Waals surface area (Å²) in [6.45, 7) is 4.78. The lowest BCUT2D eigenvalue weighted by atomic mass is 9.82. The smallest absolute Gasteiger partial charge is 0.228 e. The van der Waals surface area contributed by atoms with Gasteiger partial charge in [0.2, 0.25) is 11.8 Å². The molecule has 0 bridgehead atoms. The fourth-order valence-electron chi connectivity index (χ4n) is 5.27. The molecular formula is C29H32N4O3. The largest absolute Gasteiger partial charge is 0.497 e. The molecular weight excluding hydrogens is 452 g/mol. The van der Waals surface area contributed by atoms with Crippen LogP contribution in [-0.2, 0) is 9.59 Å². The second kappa shape index (κ2) is 10.4. The topological polar surface area (TPSA) is 66.0 Å². The summed E-state index contributed by atoms with van der Waals surface area (Å²) < 4.78 is 5.35. The normalized spacial score (nSPS) is 20.4. The van der Waals surface area contributed by atoms with E-state index in [0.29, 0.717) is 25.9 Å². The first kappa shape index (κ1) is 23.9. The van der Waals surface area contributed by atoms with Crippen LogP contribution in [0.3, 0.4) is 0 Å². The zero-order valence-corrected chi connectivity index (χ0v) is 20.8. The summed E-state index contributed by atoms with van der Waals surface area (Å²) >= 11 is 0. The summed E-state index contributed by atoms with van der Waals surface area (Å²) in [5.74, 6) is 1.52. The van der Waals surface area contributed by atoms with Gasteiger partial charge in [-0.3, -0.25) is 9.59 Å². The number of piperidine rings is 1. The molecule has 3 heterocycles. The van der Waals surface area contributed by atoms with E-state index < -0.39 is 0 Å². The lowest BCUT2D eigenvalue weighted by molar-refractivity contribution is -0.138. The summed E-state index contributed by atoms with van der Waals surface area (Å²) in [5.41, 5.74) is 2.89. The number of hydrogen-bond donors (Lipinski definition) is 0. The minimum Gasteiger partial charge on any atom is -0.497 e. The standard InChI is InChI=1S/C29H32N4O3/c1-21-6-10-23(11-7-21)33-27(34)15-14-25(28(33)22-8-12-24(36-2)13-9-22)29(35)32-19-17-31(18-20-32)26-5-3-4-16-30-26/h3-13,16,25,28H,14-15,17-20H2,1-2H3. The molecule has 2 aromatic carbocycles. The summed E-state index contributed by atoms with van der Waals surface area (Å²) in [6, 6.07) is 21.2. The lowest BCUT2D eigenvalue weighted by Crippen LogP contribution is -2.54. The average Bonchev–Trinajstić information content (AvgIpc) is 2.94. The molecule has 2 atom stereocenters. The number of nitrogens with zero attached hydrogens (tertiary/aromatic N) is 4. The molecule has 7 nitrogen and oxygen atoms in total. The average molecular weight is 485 g/mol. The lowest BCUT2D eigenvalue weighted by Gasteiger charge is -2.44. The van der Waals surface area contributed by atoms with Crippen LogP contribution in [0.25, 0.3) is 0 Å². The van der Waals surface area contributed by atoms with Crippen LogP contribution in [0.2, 0.25) is 0 Å². The van der Waals surface area contributed by atoms with Gasteiger partial charge in [0.15, 0.2) is 0 Å². The molecule has 2 aliphatic heterocycles. The Morgan fingerprint density at radius 3 is 2.31 bits per heavy atom. The molecule has 0 radical (unpaired) electrons. The van der Waals surface area contributed by atoms with Crippen molar-refractivity contribution in [3.05, 3.63) is 84.1 Å². The van der Waals surface area contributed by atoms with Crippen molar-refractivity contribution in [3.63, 3.8) is 0 Å². The van der Waals surface area contributed by atoms with Crippen molar-refractivity contribution in [2.75, 3.05) is 43.1 Å². The summed E-state index contributed by atoms with van der Waals surface area (Å²) in [7, 11) is 1.63. The number of aromatic nitrogens is 1. The molecule has 0 spiro atoms. The molecule has 2 unspecified atom stereocenters. The van der Waals surface area contributed by atoms with Crippen LogP contribution in [0, 0.1) is 12.8 Å². The van der Waals surface area contributed by atoms with Crippen molar-refractivity contribution < 1.29 is 14.3 Å². The number of methoxy groups -OCH3 is 1. The Morgan fingerprint density at radius 1 is 0.944 bits per heavy atom. The Balaban J connectivity index is 1.43. The molecule has 2 aliphatic rings. The number of hydrogen-bond acceptors (Lipinski definition) is 5. The molecule has 0 N–H and O–H groups in total. The first-order valence-electron chi connectivity index (χ1n) is 12.5. The molecule has 1 aromatic heterocycles. The fourth-order valence-corrected chi connectivity index (χ4v) is 5.27. The Bertz CT molecular complexity index is 1190. The SMILES string of the molecule is COc1ccc(C2C(C(=O)N3CCN(c4ccccn4)CC3)CCC(=O)N2c2ccc(C)cc2)cc1. The highest BCUT2D eigenvalue weighted by molar-refractivity contribution is 5.97. The Labute approximate surface area is 212 Å². The van der Waals surface area contributed by atoms with E-state index in [4.69, 9.17) is 4.74 Å². The quantitative estimate of drug-likeness (QED) is 0.542. The van der Waals surface area contributed by atoms with Crippen LogP contribution in [0.4, 0.5) is 11.5 Å². The highest BCUT2D eigenvalue weighted by atomic mass is 16.5. The maximum absolute atomic E-state index is 14.0. The number of amides is 2. The van der Waals surface area contributed by atoms with Gasteiger partial charge in [0.05, 0.1) is 19.1 Å². The number of carbonyl (C=O) groups excluding carboxylic acids is 2. The highest BCUT2D eigenvalue weighted by Gasteiger charge is 2.43. The van der Waals surface area contributed by atoms with E-state index in [1.54, 1.807) is 13.3 Å². The van der Waals surface area contributed by atoms with E-state index in [1.807, 2.05) is 83.5 Å². The van der Waals surface area contributed by atoms with Crippen molar-refractivity contribution in [3.8, 4) is 5.75 Å². The van der Waals surface area contributed by atoms with Gasteiger partial charge in [0.25, 0.3) is 0 Å². The Morgan fingerprint density at radius 2 is 1.67 bits per heavy atom. The molecule has 0 aliphatic carbocycles. The van der Waals surface area contributed by atoms with E-state index in [1.165, 1.54) is 0 Å². The van der Waals surface area contributed by atoms with Gasteiger partial charge in [-0.1, -0.05) is 35.9 Å². The number of anilines is 2. The van der Waals surface area contributed by atoms with E-state index in [0.717, 1.165) is 41.5 Å². The maximum Gasteiger partial charge on any atom is 0.228 e. The molecule has 2 saturated heterocycles. The van der Waals surface area contributed by atoms with Gasteiger partial charge < -0.3 is 19.4 Å². The van der Waals surface area contributed by atoms with Gasteiger partial charge in [-0.25, -0.2) is 4.98 Å². The maximum atomic E-state index is 14.0. The van der Waals surface area contributed by atoms with Gasteiger partial charge in [0.1, 0.15) is 11.6 Å². The van der Waals surface area contributed by atoms with E-state index in [2.05, 4.69) is 9.88 Å². The highest BCUT2D eigenvalue weighted by Crippen LogP contribution is 2.41. The van der Waals surface area contributed by atoms with Gasteiger partial charge in [0, 0.05) is 44.5 Å². The minimum absolute atomic E-state index is 0.0451. The van der Waals surface area contributed by atoms with Crippen LogP contribution < -0.4 is 14.5 Å². The molecule has 5 rings (SSSR count). The number of rotatable bonds is 5. The minimum atomic E-state index is -0.374. The van der Waals surface area contributed by atoms with Crippen molar-refractivity contribution >= 4 is 23.3 Å². The van der Waals surface area contributed by atoms with E-state index in [-0.39, 0.29) is 23.8 Å². The van der Waals surface area contributed by atoms with Crippen LogP contribution in [0.1, 0.15) is 30.0 Å². The Kier molecular flexibility index (Phi) is 6.89. The van der Waals surface area contributed by atoms with Gasteiger partial charge in [-0.2, -0.15) is 0 Å². The molecule has 3 aromatic rings. The van der Waals surface area contributed by atoms with Crippen LogP contribution >= 0.6 is 0 Å². The first-order valence-corrected chi connectivity index (χ1v) is 12.5. The number of benzene rings is 2. The third-order valence-electron chi connectivity index (χ3n) is 7.25. The summed E-state index contributed by atoms with van der Waals surface area (Å²) in [6.07, 6.45) is 2.69. The predicted molar refractivity (Wildman–Crippen MR) is 140 cm³/mol. The number of piperazine rings is 1.